The van der Waals surface area contributed by atoms with Crippen LogP contribution in [-0.4, -0.2) is 11.0 Å². The van der Waals surface area contributed by atoms with Crippen molar-refractivity contribution < 1.29 is 9.90 Å². The van der Waals surface area contributed by atoms with E-state index in [9.17, 15) is 4.79 Å². The van der Waals surface area contributed by atoms with E-state index < -0.39 is 0 Å². The SMILES string of the molecule is Nc1cc(Cl)ccc1C(=O)NCc1ccc(CO)cc1. The summed E-state index contributed by atoms with van der Waals surface area (Å²) in [4.78, 5) is 12.0. The zero-order valence-corrected chi connectivity index (χ0v) is 11.5. The molecule has 1 amide bonds. The van der Waals surface area contributed by atoms with Gasteiger partial charge in [0.15, 0.2) is 0 Å². The third-order valence-electron chi connectivity index (χ3n) is 2.92. The topological polar surface area (TPSA) is 75.4 Å². The number of hydrogen-bond donors (Lipinski definition) is 3. The van der Waals surface area contributed by atoms with E-state index in [2.05, 4.69) is 5.32 Å². The van der Waals surface area contributed by atoms with Crippen LogP contribution in [0, 0.1) is 0 Å². The predicted octanol–water partition coefficient (Wildman–Crippen LogP) is 2.34. The summed E-state index contributed by atoms with van der Waals surface area (Å²) in [6.07, 6.45) is 0. The molecule has 0 radical (unpaired) electrons. The van der Waals surface area contributed by atoms with Crippen molar-refractivity contribution >= 4 is 23.2 Å². The van der Waals surface area contributed by atoms with Gasteiger partial charge in [-0.1, -0.05) is 35.9 Å². The molecule has 0 aliphatic heterocycles. The number of aliphatic hydroxyl groups is 1. The number of carbonyl (C=O) groups is 1. The summed E-state index contributed by atoms with van der Waals surface area (Å²) in [5, 5.41) is 12.2. The number of hydrogen-bond acceptors (Lipinski definition) is 3. The smallest absolute Gasteiger partial charge is 0.253 e. The molecule has 5 heteroatoms. The van der Waals surface area contributed by atoms with Crippen LogP contribution < -0.4 is 11.1 Å². The molecule has 0 heterocycles. The molecular formula is C15H15ClN2O2. The largest absolute Gasteiger partial charge is 0.398 e. The van der Waals surface area contributed by atoms with Crippen molar-refractivity contribution in [2.75, 3.05) is 5.73 Å². The molecular weight excluding hydrogens is 276 g/mol. The van der Waals surface area contributed by atoms with Gasteiger partial charge in [-0.25, -0.2) is 0 Å². The predicted molar refractivity (Wildman–Crippen MR) is 79.4 cm³/mol. The molecule has 0 unspecified atom stereocenters. The Labute approximate surface area is 122 Å². The lowest BCUT2D eigenvalue weighted by Gasteiger charge is -2.08. The van der Waals surface area contributed by atoms with E-state index in [4.69, 9.17) is 22.4 Å². The molecule has 0 saturated heterocycles. The summed E-state index contributed by atoms with van der Waals surface area (Å²) in [5.74, 6) is -0.245. The molecule has 0 spiro atoms. The third-order valence-corrected chi connectivity index (χ3v) is 3.15. The molecule has 4 nitrogen and oxygen atoms in total. The van der Waals surface area contributed by atoms with Gasteiger partial charge in [-0.15, -0.1) is 0 Å². The molecule has 0 fully saturated rings. The standard InChI is InChI=1S/C15H15ClN2O2/c16-12-5-6-13(14(17)7-12)15(20)18-8-10-1-3-11(9-19)4-2-10/h1-7,19H,8-9,17H2,(H,18,20). The van der Waals surface area contributed by atoms with Crippen molar-refractivity contribution in [1.29, 1.82) is 0 Å². The average molecular weight is 291 g/mol. The molecule has 0 aliphatic rings. The Kier molecular flexibility index (Phi) is 4.61. The van der Waals surface area contributed by atoms with Gasteiger partial charge in [-0.05, 0) is 29.3 Å². The number of halogens is 1. The van der Waals surface area contributed by atoms with Gasteiger partial charge in [0.2, 0.25) is 0 Å². The number of rotatable bonds is 4. The molecule has 2 aromatic rings. The van der Waals surface area contributed by atoms with Gasteiger partial charge in [-0.3, -0.25) is 4.79 Å². The monoisotopic (exact) mass is 290 g/mol. The maximum Gasteiger partial charge on any atom is 0.253 e. The summed E-state index contributed by atoms with van der Waals surface area (Å²) in [6.45, 7) is 0.403. The summed E-state index contributed by atoms with van der Waals surface area (Å²) >= 11 is 5.79. The Morgan fingerprint density at radius 3 is 2.40 bits per heavy atom. The summed E-state index contributed by atoms with van der Waals surface area (Å²) in [6, 6.07) is 12.1. The third kappa shape index (κ3) is 3.50. The Hall–Kier alpha value is -2.04. The zero-order chi connectivity index (χ0) is 14.5. The highest BCUT2D eigenvalue weighted by Gasteiger charge is 2.09. The van der Waals surface area contributed by atoms with Crippen molar-refractivity contribution in [2.45, 2.75) is 13.2 Å². The van der Waals surface area contributed by atoms with E-state index >= 15 is 0 Å². The second-order valence-corrected chi connectivity index (χ2v) is 4.83. The highest BCUT2D eigenvalue weighted by atomic mass is 35.5. The molecule has 0 saturated carbocycles. The van der Waals surface area contributed by atoms with Crippen molar-refractivity contribution in [1.82, 2.24) is 5.32 Å². The lowest BCUT2D eigenvalue weighted by atomic mass is 10.1. The van der Waals surface area contributed by atoms with Crippen molar-refractivity contribution in [3.63, 3.8) is 0 Å². The van der Waals surface area contributed by atoms with Crippen LogP contribution >= 0.6 is 11.6 Å². The van der Waals surface area contributed by atoms with Crippen LogP contribution in [0.2, 0.25) is 5.02 Å². The lowest BCUT2D eigenvalue weighted by molar-refractivity contribution is 0.0952. The molecule has 4 N–H and O–H groups in total. The first-order chi connectivity index (χ1) is 9.60. The van der Waals surface area contributed by atoms with Crippen LogP contribution in [0.25, 0.3) is 0 Å². The maximum atomic E-state index is 12.0. The van der Waals surface area contributed by atoms with Gasteiger partial charge in [0.05, 0.1) is 12.2 Å². The van der Waals surface area contributed by atoms with E-state index in [1.165, 1.54) is 0 Å². The number of nitrogens with one attached hydrogen (secondary N) is 1. The van der Waals surface area contributed by atoms with E-state index in [1.54, 1.807) is 18.2 Å². The number of carbonyl (C=O) groups excluding carboxylic acids is 1. The van der Waals surface area contributed by atoms with Gasteiger partial charge in [0.1, 0.15) is 0 Å². The van der Waals surface area contributed by atoms with Crippen molar-refractivity contribution in [3.8, 4) is 0 Å². The van der Waals surface area contributed by atoms with Crippen molar-refractivity contribution in [2.24, 2.45) is 0 Å². The fourth-order valence-electron chi connectivity index (χ4n) is 1.78. The van der Waals surface area contributed by atoms with Gasteiger partial charge >= 0.3 is 0 Å². The Morgan fingerprint density at radius 1 is 1.15 bits per heavy atom. The quantitative estimate of drug-likeness (QED) is 0.757. The minimum Gasteiger partial charge on any atom is -0.398 e. The lowest BCUT2D eigenvalue weighted by Crippen LogP contribution is -2.23. The fourth-order valence-corrected chi connectivity index (χ4v) is 1.96. The van der Waals surface area contributed by atoms with E-state index in [0.29, 0.717) is 22.8 Å². The highest BCUT2D eigenvalue weighted by molar-refractivity contribution is 6.31. The van der Waals surface area contributed by atoms with E-state index in [0.717, 1.165) is 11.1 Å². The molecule has 104 valence electrons. The molecule has 20 heavy (non-hydrogen) atoms. The van der Waals surface area contributed by atoms with Gasteiger partial charge in [-0.2, -0.15) is 0 Å². The summed E-state index contributed by atoms with van der Waals surface area (Å²) < 4.78 is 0. The highest BCUT2D eigenvalue weighted by Crippen LogP contribution is 2.18. The number of aliphatic hydroxyl groups excluding tert-OH is 1. The molecule has 0 aromatic heterocycles. The fraction of sp³-hybridized carbons (Fsp3) is 0.133. The van der Waals surface area contributed by atoms with Crippen molar-refractivity contribution in [3.05, 3.63) is 64.2 Å². The zero-order valence-electron chi connectivity index (χ0n) is 10.8. The number of amides is 1. The molecule has 0 aliphatic carbocycles. The van der Waals surface area contributed by atoms with Gasteiger partial charge < -0.3 is 16.2 Å². The van der Waals surface area contributed by atoms with Crippen LogP contribution in [0.3, 0.4) is 0 Å². The van der Waals surface area contributed by atoms with E-state index in [-0.39, 0.29) is 12.5 Å². The van der Waals surface area contributed by atoms with Gasteiger partial charge in [0, 0.05) is 17.3 Å². The Balaban J connectivity index is 2.00. The van der Waals surface area contributed by atoms with Crippen LogP contribution in [0.15, 0.2) is 42.5 Å². The second-order valence-electron chi connectivity index (χ2n) is 4.39. The van der Waals surface area contributed by atoms with Crippen LogP contribution in [-0.2, 0) is 13.2 Å². The first-order valence-corrected chi connectivity index (χ1v) is 6.50. The number of anilines is 1. The average Bonchev–Trinajstić information content (AvgIpc) is 2.45. The molecule has 0 atom stereocenters. The molecule has 0 bridgehead atoms. The molecule has 2 aromatic carbocycles. The van der Waals surface area contributed by atoms with Gasteiger partial charge in [0.25, 0.3) is 5.91 Å². The van der Waals surface area contributed by atoms with Crippen LogP contribution in [0.1, 0.15) is 21.5 Å². The first-order valence-electron chi connectivity index (χ1n) is 6.12. The minimum absolute atomic E-state index is 0.00788. The number of nitrogen functional groups attached to an aromatic ring is 1. The minimum atomic E-state index is -0.245. The maximum absolute atomic E-state index is 12.0. The van der Waals surface area contributed by atoms with E-state index in [1.807, 2.05) is 24.3 Å². The first kappa shape index (κ1) is 14.4. The van der Waals surface area contributed by atoms with Crippen LogP contribution in [0.4, 0.5) is 5.69 Å². The van der Waals surface area contributed by atoms with Crippen LogP contribution in [0.5, 0.6) is 0 Å². The summed E-state index contributed by atoms with van der Waals surface area (Å²) in [5.41, 5.74) is 8.30. The number of nitrogens with two attached hydrogens (primary N) is 1. The summed E-state index contributed by atoms with van der Waals surface area (Å²) in [7, 11) is 0. The molecule has 2 rings (SSSR count). The normalized spacial score (nSPS) is 10.3. The Morgan fingerprint density at radius 2 is 1.80 bits per heavy atom. The Bertz CT molecular complexity index is 612. The second kappa shape index (κ2) is 6.41. The number of benzene rings is 2.